The zero-order chi connectivity index (χ0) is 22.6. The molecule has 0 radical (unpaired) electrons. The standard InChI is InChI=1S/C24H26N6O3/c31-23(26-18-6-2-1-3-7-18)22-28-27-20-16-29(14-15-30(20)22)24(32)17-9-11-19(12-10-17)33-21-8-4-5-13-25-21/h4-5,8-13,18H,1-3,6-7,14-16H2,(H,26,31). The van der Waals surface area contributed by atoms with Crippen molar-refractivity contribution < 1.29 is 14.3 Å². The van der Waals surface area contributed by atoms with Gasteiger partial charge in [0.05, 0.1) is 6.54 Å². The maximum Gasteiger partial charge on any atom is 0.289 e. The Bertz CT molecular complexity index is 1120. The summed E-state index contributed by atoms with van der Waals surface area (Å²) in [6.45, 7) is 1.29. The Morgan fingerprint density at radius 1 is 0.970 bits per heavy atom. The molecule has 0 spiro atoms. The van der Waals surface area contributed by atoms with Gasteiger partial charge < -0.3 is 19.5 Å². The van der Waals surface area contributed by atoms with Crippen LogP contribution in [0, 0.1) is 0 Å². The second kappa shape index (κ2) is 9.40. The molecule has 33 heavy (non-hydrogen) atoms. The number of rotatable bonds is 5. The number of pyridine rings is 1. The van der Waals surface area contributed by atoms with Crippen LogP contribution in [0.4, 0.5) is 0 Å². The first-order valence-electron chi connectivity index (χ1n) is 11.4. The van der Waals surface area contributed by atoms with Gasteiger partial charge in [-0.15, -0.1) is 10.2 Å². The number of nitrogens with one attached hydrogen (secondary N) is 1. The van der Waals surface area contributed by atoms with E-state index in [0.29, 0.717) is 48.5 Å². The summed E-state index contributed by atoms with van der Waals surface area (Å²) >= 11 is 0. The number of carbonyl (C=O) groups is 2. The summed E-state index contributed by atoms with van der Waals surface area (Å²) in [5.74, 6) is 1.79. The minimum atomic E-state index is -0.177. The quantitative estimate of drug-likeness (QED) is 0.646. The Hall–Kier alpha value is -3.75. The van der Waals surface area contributed by atoms with Crippen LogP contribution in [0.2, 0.25) is 0 Å². The van der Waals surface area contributed by atoms with E-state index in [9.17, 15) is 9.59 Å². The molecule has 1 aliphatic carbocycles. The number of hydrogen-bond donors (Lipinski definition) is 1. The summed E-state index contributed by atoms with van der Waals surface area (Å²) in [6, 6.07) is 12.6. The number of hydrogen-bond acceptors (Lipinski definition) is 6. The Morgan fingerprint density at radius 3 is 2.55 bits per heavy atom. The molecule has 5 rings (SSSR count). The van der Waals surface area contributed by atoms with E-state index in [1.54, 1.807) is 41.4 Å². The van der Waals surface area contributed by atoms with Crippen molar-refractivity contribution in [2.75, 3.05) is 6.54 Å². The smallest absolute Gasteiger partial charge is 0.289 e. The minimum Gasteiger partial charge on any atom is -0.439 e. The van der Waals surface area contributed by atoms with Crippen LogP contribution in [0.15, 0.2) is 48.7 Å². The first-order valence-corrected chi connectivity index (χ1v) is 11.4. The number of benzene rings is 1. The lowest BCUT2D eigenvalue weighted by atomic mass is 9.95. The minimum absolute atomic E-state index is 0.0955. The molecule has 3 aromatic rings. The molecule has 1 aromatic carbocycles. The number of fused-ring (bicyclic) bond motifs is 1. The fourth-order valence-electron chi connectivity index (χ4n) is 4.37. The van der Waals surface area contributed by atoms with Gasteiger partial charge in [-0.3, -0.25) is 9.59 Å². The van der Waals surface area contributed by atoms with Gasteiger partial charge in [-0.25, -0.2) is 4.98 Å². The third-order valence-electron chi connectivity index (χ3n) is 6.15. The summed E-state index contributed by atoms with van der Waals surface area (Å²) in [4.78, 5) is 31.6. The van der Waals surface area contributed by atoms with Crippen LogP contribution < -0.4 is 10.1 Å². The van der Waals surface area contributed by atoms with Gasteiger partial charge in [0.15, 0.2) is 5.82 Å². The van der Waals surface area contributed by atoms with Gasteiger partial charge in [0.2, 0.25) is 11.7 Å². The monoisotopic (exact) mass is 446 g/mol. The van der Waals surface area contributed by atoms with Crippen molar-refractivity contribution in [2.24, 2.45) is 0 Å². The molecule has 9 nitrogen and oxygen atoms in total. The largest absolute Gasteiger partial charge is 0.439 e. The third kappa shape index (κ3) is 4.72. The molecule has 9 heteroatoms. The Balaban J connectivity index is 1.22. The van der Waals surface area contributed by atoms with E-state index in [1.165, 1.54) is 6.42 Å². The Morgan fingerprint density at radius 2 is 1.79 bits per heavy atom. The molecule has 3 heterocycles. The van der Waals surface area contributed by atoms with Crippen molar-refractivity contribution in [1.82, 2.24) is 30.0 Å². The second-order valence-electron chi connectivity index (χ2n) is 8.42. The fourth-order valence-corrected chi connectivity index (χ4v) is 4.37. The molecule has 2 aliphatic rings. The summed E-state index contributed by atoms with van der Waals surface area (Å²) in [6.07, 6.45) is 7.22. The zero-order valence-electron chi connectivity index (χ0n) is 18.3. The van der Waals surface area contributed by atoms with Gasteiger partial charge >= 0.3 is 0 Å². The summed E-state index contributed by atoms with van der Waals surface area (Å²) in [5.41, 5.74) is 0.562. The van der Waals surface area contributed by atoms with E-state index >= 15 is 0 Å². The van der Waals surface area contributed by atoms with Crippen LogP contribution in [-0.4, -0.2) is 49.0 Å². The number of aromatic nitrogens is 4. The van der Waals surface area contributed by atoms with E-state index < -0.39 is 0 Å². The van der Waals surface area contributed by atoms with Gasteiger partial charge in [-0.05, 0) is 43.2 Å². The Kier molecular flexibility index (Phi) is 6.01. The molecule has 1 aliphatic heterocycles. The van der Waals surface area contributed by atoms with Crippen LogP contribution in [-0.2, 0) is 13.1 Å². The molecule has 0 unspecified atom stereocenters. The molecule has 170 valence electrons. The van der Waals surface area contributed by atoms with Gasteiger partial charge in [-0.2, -0.15) is 0 Å². The predicted molar refractivity (Wildman–Crippen MR) is 120 cm³/mol. The van der Waals surface area contributed by atoms with Gasteiger partial charge in [-0.1, -0.05) is 25.3 Å². The summed E-state index contributed by atoms with van der Waals surface area (Å²) in [7, 11) is 0. The van der Waals surface area contributed by atoms with Crippen molar-refractivity contribution in [3.8, 4) is 11.6 Å². The maximum absolute atomic E-state index is 13.0. The topological polar surface area (TPSA) is 102 Å². The van der Waals surface area contributed by atoms with Crippen LogP contribution in [0.25, 0.3) is 0 Å². The molecule has 2 aromatic heterocycles. The van der Waals surface area contributed by atoms with Gasteiger partial charge in [0.1, 0.15) is 5.75 Å². The van der Waals surface area contributed by atoms with Gasteiger partial charge in [0.25, 0.3) is 11.8 Å². The SMILES string of the molecule is O=C(NC1CCCCC1)c1nnc2n1CCN(C(=O)c1ccc(Oc3ccccn3)cc1)C2. The molecule has 0 saturated heterocycles. The van der Waals surface area contributed by atoms with E-state index in [1.807, 2.05) is 16.7 Å². The normalized spacial score (nSPS) is 16.2. The van der Waals surface area contributed by atoms with E-state index in [-0.39, 0.29) is 17.9 Å². The van der Waals surface area contributed by atoms with E-state index in [0.717, 1.165) is 25.7 Å². The van der Waals surface area contributed by atoms with Crippen molar-refractivity contribution in [3.63, 3.8) is 0 Å². The summed E-state index contributed by atoms with van der Waals surface area (Å²) < 4.78 is 7.51. The Labute approximate surface area is 191 Å². The van der Waals surface area contributed by atoms with Crippen molar-refractivity contribution in [3.05, 3.63) is 65.9 Å². The van der Waals surface area contributed by atoms with Crippen LogP contribution >= 0.6 is 0 Å². The highest BCUT2D eigenvalue weighted by Gasteiger charge is 2.28. The molecule has 2 amide bonds. The lowest BCUT2D eigenvalue weighted by molar-refractivity contribution is 0.0705. The molecular formula is C24H26N6O3. The fraction of sp³-hybridized carbons (Fsp3) is 0.375. The van der Waals surface area contributed by atoms with E-state index in [2.05, 4.69) is 20.5 Å². The first kappa shape index (κ1) is 21.1. The molecule has 1 fully saturated rings. The van der Waals surface area contributed by atoms with Gasteiger partial charge in [0, 0.05) is 37.0 Å². The maximum atomic E-state index is 13.0. The molecular weight excluding hydrogens is 420 g/mol. The molecule has 0 atom stereocenters. The number of nitrogens with zero attached hydrogens (tertiary/aromatic N) is 5. The van der Waals surface area contributed by atoms with Crippen molar-refractivity contribution in [1.29, 1.82) is 0 Å². The van der Waals surface area contributed by atoms with Crippen molar-refractivity contribution >= 4 is 11.8 Å². The molecule has 1 N–H and O–H groups in total. The molecule has 0 bridgehead atoms. The number of amides is 2. The van der Waals surface area contributed by atoms with Crippen LogP contribution in [0.3, 0.4) is 0 Å². The van der Waals surface area contributed by atoms with Crippen LogP contribution in [0.1, 0.15) is 58.9 Å². The van der Waals surface area contributed by atoms with Crippen LogP contribution in [0.5, 0.6) is 11.6 Å². The zero-order valence-corrected chi connectivity index (χ0v) is 18.3. The number of carbonyl (C=O) groups excluding carboxylic acids is 2. The average molecular weight is 447 g/mol. The average Bonchev–Trinajstić information content (AvgIpc) is 3.29. The highest BCUT2D eigenvalue weighted by atomic mass is 16.5. The lowest BCUT2D eigenvalue weighted by Crippen LogP contribution is -2.41. The summed E-state index contributed by atoms with van der Waals surface area (Å²) in [5, 5.41) is 11.4. The molecule has 1 saturated carbocycles. The highest BCUT2D eigenvalue weighted by Crippen LogP contribution is 2.22. The lowest BCUT2D eigenvalue weighted by Gasteiger charge is -2.28. The highest BCUT2D eigenvalue weighted by molar-refractivity contribution is 5.94. The number of ether oxygens (including phenoxy) is 1. The second-order valence-corrected chi connectivity index (χ2v) is 8.42. The first-order chi connectivity index (χ1) is 16.2. The third-order valence-corrected chi connectivity index (χ3v) is 6.15. The van der Waals surface area contributed by atoms with Crippen molar-refractivity contribution in [2.45, 2.75) is 51.2 Å². The predicted octanol–water partition coefficient (Wildman–Crippen LogP) is 3.18. The van der Waals surface area contributed by atoms with E-state index in [4.69, 9.17) is 4.74 Å².